The van der Waals surface area contributed by atoms with Gasteiger partial charge in [0.15, 0.2) is 0 Å². The quantitative estimate of drug-likeness (QED) is 0.501. The molecule has 5 heteroatoms. The molecule has 0 spiro atoms. The molecule has 0 fully saturated rings. The van der Waals surface area contributed by atoms with Gasteiger partial charge in [0.1, 0.15) is 5.75 Å². The van der Waals surface area contributed by atoms with E-state index < -0.39 is 0 Å². The molecule has 1 aromatic carbocycles. The van der Waals surface area contributed by atoms with Crippen LogP contribution in [0.2, 0.25) is 0 Å². The second kappa shape index (κ2) is 11.3. The number of phenols is 1. The number of hydrogen-bond acceptors (Lipinski definition) is 5. The molecule has 0 heterocycles. The summed E-state index contributed by atoms with van der Waals surface area (Å²) in [7, 11) is 0. The van der Waals surface area contributed by atoms with Gasteiger partial charge >= 0.3 is 0 Å². The van der Waals surface area contributed by atoms with Gasteiger partial charge in [-0.3, -0.25) is 0 Å². The average molecular weight is 409 g/mol. The summed E-state index contributed by atoms with van der Waals surface area (Å²) in [6.45, 7) is 23.9. The lowest BCUT2D eigenvalue weighted by Crippen LogP contribution is -2.34. The second-order valence-corrected chi connectivity index (χ2v) is 9.80. The lowest BCUT2D eigenvalue weighted by Gasteiger charge is -2.34. The highest BCUT2D eigenvalue weighted by atomic mass is 16.3. The van der Waals surface area contributed by atoms with Crippen molar-refractivity contribution in [1.82, 2.24) is 4.90 Å². The SMILES string of the molecule is CC(C)(CN)c1cc(C(C)(C)CN)c(O)c(C(C)(C)CN)c1.CCN(CC)CC. The molecule has 0 aromatic heterocycles. The Morgan fingerprint density at radius 1 is 0.690 bits per heavy atom. The van der Waals surface area contributed by atoms with Gasteiger partial charge in [0.2, 0.25) is 0 Å². The minimum absolute atomic E-state index is 0.174. The predicted octanol–water partition coefficient (Wildman–Crippen LogP) is 3.45. The summed E-state index contributed by atoms with van der Waals surface area (Å²) in [6.07, 6.45) is 0. The number of rotatable bonds is 9. The molecule has 0 aliphatic heterocycles. The second-order valence-electron chi connectivity index (χ2n) is 9.80. The first-order valence-corrected chi connectivity index (χ1v) is 11.0. The highest BCUT2D eigenvalue weighted by molar-refractivity contribution is 5.52. The fraction of sp³-hybridized carbons (Fsp3) is 0.750. The monoisotopic (exact) mass is 408 g/mol. The Kier molecular flexibility index (Phi) is 10.9. The van der Waals surface area contributed by atoms with Crippen molar-refractivity contribution in [1.29, 1.82) is 0 Å². The van der Waals surface area contributed by atoms with Gasteiger partial charge in [-0.25, -0.2) is 0 Å². The Bertz CT molecular complexity index is 577. The Balaban J connectivity index is 0.000000956. The molecule has 0 aliphatic carbocycles. The van der Waals surface area contributed by atoms with Gasteiger partial charge in [-0.05, 0) is 25.2 Å². The molecule has 7 N–H and O–H groups in total. The minimum Gasteiger partial charge on any atom is -0.507 e. The first kappa shape index (κ1) is 27.9. The Labute approximate surface area is 180 Å². The summed E-state index contributed by atoms with van der Waals surface area (Å²) in [5.41, 5.74) is 19.8. The third-order valence-electron chi connectivity index (χ3n) is 6.22. The molecule has 1 aromatic rings. The zero-order valence-electron chi connectivity index (χ0n) is 20.5. The summed E-state index contributed by atoms with van der Waals surface area (Å²) >= 11 is 0. The lowest BCUT2D eigenvalue weighted by atomic mass is 9.73. The van der Waals surface area contributed by atoms with Crippen LogP contribution >= 0.6 is 0 Å². The van der Waals surface area contributed by atoms with Crippen LogP contribution in [0.25, 0.3) is 0 Å². The molecule has 1 rings (SSSR count). The van der Waals surface area contributed by atoms with E-state index in [1.807, 2.05) is 39.8 Å². The zero-order chi connectivity index (χ0) is 23.0. The standard InChI is InChI=1S/C18H33N3O.C6H15N/c1-16(2,9-19)12-7-13(17(3,4)10-20)15(22)14(8-12)18(5,6)11-21;1-4-7(5-2)6-3/h7-8,22H,9-11,19-21H2,1-6H3;4-6H2,1-3H3. The van der Waals surface area contributed by atoms with Crippen molar-refractivity contribution in [2.24, 2.45) is 17.2 Å². The molecule has 0 unspecified atom stereocenters. The van der Waals surface area contributed by atoms with Crippen LogP contribution < -0.4 is 17.2 Å². The fourth-order valence-corrected chi connectivity index (χ4v) is 3.07. The van der Waals surface area contributed by atoms with E-state index >= 15 is 0 Å². The number of nitrogens with two attached hydrogens (primary N) is 3. The number of benzene rings is 1. The van der Waals surface area contributed by atoms with Gasteiger partial charge in [-0.1, -0.05) is 74.4 Å². The van der Waals surface area contributed by atoms with Crippen molar-refractivity contribution in [2.75, 3.05) is 39.3 Å². The molecule has 0 amide bonds. The Morgan fingerprint density at radius 3 is 1.21 bits per heavy atom. The maximum Gasteiger partial charge on any atom is 0.123 e. The van der Waals surface area contributed by atoms with Crippen molar-refractivity contribution in [3.05, 3.63) is 28.8 Å². The van der Waals surface area contributed by atoms with E-state index in [4.69, 9.17) is 17.2 Å². The molecule has 0 bridgehead atoms. The molecule has 29 heavy (non-hydrogen) atoms. The first-order chi connectivity index (χ1) is 13.3. The van der Waals surface area contributed by atoms with Crippen molar-refractivity contribution >= 4 is 0 Å². The van der Waals surface area contributed by atoms with Crippen molar-refractivity contribution in [2.45, 2.75) is 78.6 Å². The molecule has 0 aliphatic rings. The molecule has 5 nitrogen and oxygen atoms in total. The maximum absolute atomic E-state index is 10.8. The number of aromatic hydroxyl groups is 1. The van der Waals surface area contributed by atoms with Gasteiger partial charge in [-0.2, -0.15) is 0 Å². The molecular formula is C24H48N4O. The van der Waals surface area contributed by atoms with Crippen molar-refractivity contribution < 1.29 is 5.11 Å². The summed E-state index contributed by atoms with van der Waals surface area (Å²) in [5.74, 6) is 0.308. The Hall–Kier alpha value is -1.14. The van der Waals surface area contributed by atoms with Crippen LogP contribution in [-0.4, -0.2) is 49.3 Å². The van der Waals surface area contributed by atoms with E-state index in [1.165, 1.54) is 19.6 Å². The summed E-state index contributed by atoms with van der Waals surface area (Å²) in [4.78, 5) is 2.38. The highest BCUT2D eigenvalue weighted by Crippen LogP contribution is 2.41. The molecular weight excluding hydrogens is 360 g/mol. The molecule has 0 saturated carbocycles. The molecule has 0 atom stereocenters. The number of nitrogens with zero attached hydrogens (tertiary/aromatic N) is 1. The van der Waals surface area contributed by atoms with Crippen molar-refractivity contribution in [3.63, 3.8) is 0 Å². The molecule has 0 radical (unpaired) electrons. The van der Waals surface area contributed by atoms with Crippen LogP contribution in [0.3, 0.4) is 0 Å². The van der Waals surface area contributed by atoms with Crippen LogP contribution in [0.5, 0.6) is 5.75 Å². The largest absolute Gasteiger partial charge is 0.507 e. The van der Waals surface area contributed by atoms with E-state index in [9.17, 15) is 5.11 Å². The van der Waals surface area contributed by atoms with E-state index in [1.54, 1.807) is 0 Å². The molecule has 0 saturated heterocycles. The summed E-state index contributed by atoms with van der Waals surface area (Å²) < 4.78 is 0. The van der Waals surface area contributed by atoms with Gasteiger partial charge in [0.05, 0.1) is 0 Å². The molecule has 170 valence electrons. The normalized spacial score (nSPS) is 12.7. The van der Waals surface area contributed by atoms with E-state index in [2.05, 4.69) is 39.5 Å². The van der Waals surface area contributed by atoms with Crippen LogP contribution in [0, 0.1) is 0 Å². The minimum atomic E-state index is -0.315. The maximum atomic E-state index is 10.8. The van der Waals surface area contributed by atoms with Gasteiger partial charge in [0.25, 0.3) is 0 Å². The first-order valence-electron chi connectivity index (χ1n) is 11.0. The smallest absolute Gasteiger partial charge is 0.123 e. The third-order valence-corrected chi connectivity index (χ3v) is 6.22. The van der Waals surface area contributed by atoms with Crippen molar-refractivity contribution in [3.8, 4) is 5.75 Å². The fourth-order valence-electron chi connectivity index (χ4n) is 3.07. The van der Waals surface area contributed by atoms with Crippen LogP contribution in [0.1, 0.15) is 79.0 Å². The predicted molar refractivity (Wildman–Crippen MR) is 128 cm³/mol. The van der Waals surface area contributed by atoms with Gasteiger partial charge in [0, 0.05) is 47.0 Å². The lowest BCUT2D eigenvalue weighted by molar-refractivity contribution is 0.321. The number of hydrogen-bond donors (Lipinski definition) is 4. The van der Waals surface area contributed by atoms with Crippen LogP contribution in [0.15, 0.2) is 12.1 Å². The third kappa shape index (κ3) is 7.25. The van der Waals surface area contributed by atoms with Gasteiger partial charge < -0.3 is 27.2 Å². The highest BCUT2D eigenvalue weighted by Gasteiger charge is 2.32. The van der Waals surface area contributed by atoms with Crippen LogP contribution in [0.4, 0.5) is 0 Å². The average Bonchev–Trinajstić information content (AvgIpc) is 2.69. The number of phenolic OH excluding ortho intramolecular Hbond substituents is 1. The Morgan fingerprint density at radius 2 is 1.00 bits per heavy atom. The summed E-state index contributed by atoms with van der Waals surface area (Å²) in [5, 5.41) is 10.8. The van der Waals surface area contributed by atoms with Gasteiger partial charge in [-0.15, -0.1) is 0 Å². The van der Waals surface area contributed by atoms with E-state index in [-0.39, 0.29) is 16.2 Å². The topological polar surface area (TPSA) is 102 Å². The van der Waals surface area contributed by atoms with E-state index in [0.29, 0.717) is 25.4 Å². The van der Waals surface area contributed by atoms with Crippen LogP contribution in [-0.2, 0) is 16.2 Å². The van der Waals surface area contributed by atoms with E-state index in [0.717, 1.165) is 16.7 Å². The zero-order valence-corrected chi connectivity index (χ0v) is 20.5. The summed E-state index contributed by atoms with van der Waals surface area (Å²) in [6, 6.07) is 4.09.